The van der Waals surface area contributed by atoms with Gasteiger partial charge in [0, 0.05) is 71.0 Å². The highest BCUT2D eigenvalue weighted by molar-refractivity contribution is 5.76. The van der Waals surface area contributed by atoms with Gasteiger partial charge >= 0.3 is 0 Å². The number of nitrogens with zero attached hydrogens (tertiary/aromatic N) is 4. The summed E-state index contributed by atoms with van der Waals surface area (Å²) in [5.41, 5.74) is 1.07. The van der Waals surface area contributed by atoms with E-state index in [4.69, 9.17) is 0 Å². The molecule has 1 amide bonds. The van der Waals surface area contributed by atoms with E-state index in [1.54, 1.807) is 0 Å². The number of rotatable bonds is 4. The number of amides is 1. The number of carbonyl (C=O) groups excluding carboxylic acids is 1. The molecule has 0 aromatic heterocycles. The maximum atomic E-state index is 13.0. The van der Waals surface area contributed by atoms with Gasteiger partial charge < -0.3 is 14.7 Å². The van der Waals surface area contributed by atoms with Crippen LogP contribution < -0.4 is 4.90 Å². The van der Waals surface area contributed by atoms with E-state index in [1.165, 1.54) is 12.1 Å². The number of hydrogen-bond acceptors (Lipinski definition) is 4. The molecule has 2 aliphatic rings. The molecule has 0 saturated carbocycles. The van der Waals surface area contributed by atoms with Gasteiger partial charge in [0.25, 0.3) is 0 Å². The number of carbonyl (C=O) groups is 1. The zero-order valence-electron chi connectivity index (χ0n) is 14.5. The summed E-state index contributed by atoms with van der Waals surface area (Å²) in [5, 5.41) is 0. The molecule has 0 radical (unpaired) electrons. The van der Waals surface area contributed by atoms with Gasteiger partial charge in [-0.15, -0.1) is 0 Å². The third kappa shape index (κ3) is 4.45. The van der Waals surface area contributed by atoms with Crippen LogP contribution in [0.5, 0.6) is 0 Å². The van der Waals surface area contributed by atoms with Gasteiger partial charge in [0.2, 0.25) is 5.91 Å². The van der Waals surface area contributed by atoms with E-state index in [0.717, 1.165) is 64.6 Å². The van der Waals surface area contributed by atoms with Gasteiger partial charge in [0.1, 0.15) is 5.82 Å². The molecule has 0 bridgehead atoms. The quantitative estimate of drug-likeness (QED) is 0.825. The van der Waals surface area contributed by atoms with Gasteiger partial charge in [-0.3, -0.25) is 9.69 Å². The summed E-state index contributed by atoms with van der Waals surface area (Å²) in [6.07, 6.45) is 0.611. The molecule has 0 N–H and O–H groups in total. The fraction of sp³-hybridized carbons (Fsp3) is 0.611. The Morgan fingerprint density at radius 2 is 1.58 bits per heavy atom. The Kier molecular flexibility index (Phi) is 5.68. The third-order valence-corrected chi connectivity index (χ3v) is 5.06. The van der Waals surface area contributed by atoms with Gasteiger partial charge in [0.05, 0.1) is 0 Å². The predicted octanol–water partition coefficient (Wildman–Crippen LogP) is 1.11. The number of halogens is 1. The monoisotopic (exact) mass is 334 g/mol. The zero-order chi connectivity index (χ0) is 16.9. The van der Waals surface area contributed by atoms with Crippen LogP contribution in [0.25, 0.3) is 0 Å². The van der Waals surface area contributed by atoms with E-state index in [9.17, 15) is 9.18 Å². The molecule has 0 aliphatic carbocycles. The average Bonchev–Trinajstić information content (AvgIpc) is 2.61. The van der Waals surface area contributed by atoms with Crippen LogP contribution in [-0.4, -0.2) is 86.6 Å². The molecular weight excluding hydrogens is 307 g/mol. The van der Waals surface area contributed by atoms with Crippen LogP contribution >= 0.6 is 0 Å². The van der Waals surface area contributed by atoms with Crippen LogP contribution in [0.2, 0.25) is 0 Å². The van der Waals surface area contributed by atoms with Crippen LogP contribution in [0, 0.1) is 5.82 Å². The summed E-state index contributed by atoms with van der Waals surface area (Å²) >= 11 is 0. The molecule has 2 fully saturated rings. The maximum absolute atomic E-state index is 13.0. The minimum Gasteiger partial charge on any atom is -0.369 e. The van der Waals surface area contributed by atoms with Crippen LogP contribution in [-0.2, 0) is 4.79 Å². The molecule has 6 heteroatoms. The van der Waals surface area contributed by atoms with E-state index >= 15 is 0 Å². The van der Waals surface area contributed by atoms with E-state index < -0.39 is 0 Å². The van der Waals surface area contributed by atoms with Crippen molar-refractivity contribution in [2.75, 3.05) is 70.9 Å². The summed E-state index contributed by atoms with van der Waals surface area (Å²) in [7, 11) is 2.10. The summed E-state index contributed by atoms with van der Waals surface area (Å²) in [6.45, 7) is 8.25. The minimum absolute atomic E-state index is 0.195. The van der Waals surface area contributed by atoms with Crippen LogP contribution in [0.3, 0.4) is 0 Å². The van der Waals surface area contributed by atoms with Gasteiger partial charge in [0.15, 0.2) is 0 Å². The van der Waals surface area contributed by atoms with Gasteiger partial charge in [-0.05, 0) is 31.3 Å². The molecule has 24 heavy (non-hydrogen) atoms. The molecule has 1 aromatic rings. The Hall–Kier alpha value is -1.66. The standard InChI is InChI=1S/C18H27FN4O/c1-20-8-12-23(13-9-20)18(24)6-7-21-10-14-22(15-11-21)17-4-2-16(19)3-5-17/h2-5H,6-15H2,1H3. The van der Waals surface area contributed by atoms with Gasteiger partial charge in [-0.1, -0.05) is 0 Å². The zero-order valence-corrected chi connectivity index (χ0v) is 14.5. The highest BCUT2D eigenvalue weighted by atomic mass is 19.1. The van der Waals surface area contributed by atoms with Crippen molar-refractivity contribution in [2.24, 2.45) is 0 Å². The van der Waals surface area contributed by atoms with E-state index in [2.05, 4.69) is 21.7 Å². The summed E-state index contributed by atoms with van der Waals surface area (Å²) < 4.78 is 13.0. The molecule has 3 rings (SSSR count). The average molecular weight is 334 g/mol. The lowest BCUT2D eigenvalue weighted by atomic mass is 10.2. The third-order valence-electron chi connectivity index (χ3n) is 5.06. The second-order valence-electron chi connectivity index (χ2n) is 6.74. The van der Waals surface area contributed by atoms with Gasteiger partial charge in [-0.2, -0.15) is 0 Å². The fourth-order valence-electron chi connectivity index (χ4n) is 3.35. The van der Waals surface area contributed by atoms with Crippen molar-refractivity contribution in [2.45, 2.75) is 6.42 Å². The number of benzene rings is 1. The van der Waals surface area contributed by atoms with E-state index in [-0.39, 0.29) is 11.7 Å². The summed E-state index contributed by atoms with van der Waals surface area (Å²) in [4.78, 5) is 21.2. The lowest BCUT2D eigenvalue weighted by Gasteiger charge is -2.37. The molecule has 0 spiro atoms. The van der Waals surface area contributed by atoms with Crippen molar-refractivity contribution in [1.29, 1.82) is 0 Å². The van der Waals surface area contributed by atoms with Crippen molar-refractivity contribution >= 4 is 11.6 Å². The lowest BCUT2D eigenvalue weighted by Crippen LogP contribution is -2.49. The van der Waals surface area contributed by atoms with E-state index in [0.29, 0.717) is 6.42 Å². The Morgan fingerprint density at radius 3 is 2.21 bits per heavy atom. The van der Waals surface area contributed by atoms with Gasteiger partial charge in [-0.25, -0.2) is 4.39 Å². The normalized spacial score (nSPS) is 20.4. The Balaban J connectivity index is 1.39. The SMILES string of the molecule is CN1CCN(C(=O)CCN2CCN(c3ccc(F)cc3)CC2)CC1. The lowest BCUT2D eigenvalue weighted by molar-refractivity contribution is -0.133. The van der Waals surface area contributed by atoms with Crippen molar-refractivity contribution in [3.63, 3.8) is 0 Å². The summed E-state index contributed by atoms with van der Waals surface area (Å²) in [5.74, 6) is 0.0869. The number of hydrogen-bond donors (Lipinski definition) is 0. The molecule has 2 heterocycles. The first-order valence-electron chi connectivity index (χ1n) is 8.81. The Labute approximate surface area is 143 Å². The molecular formula is C18H27FN4O. The molecule has 1 aromatic carbocycles. The smallest absolute Gasteiger partial charge is 0.223 e. The van der Waals surface area contributed by atoms with Crippen LogP contribution in [0.4, 0.5) is 10.1 Å². The second kappa shape index (κ2) is 7.94. The van der Waals surface area contributed by atoms with Crippen molar-refractivity contribution in [1.82, 2.24) is 14.7 Å². The molecule has 2 saturated heterocycles. The Morgan fingerprint density at radius 1 is 0.958 bits per heavy atom. The largest absolute Gasteiger partial charge is 0.369 e. The molecule has 0 atom stereocenters. The molecule has 0 unspecified atom stereocenters. The second-order valence-corrected chi connectivity index (χ2v) is 6.74. The highest BCUT2D eigenvalue weighted by Crippen LogP contribution is 2.17. The number of likely N-dealkylation sites (N-methyl/N-ethyl adjacent to an activating group) is 1. The highest BCUT2D eigenvalue weighted by Gasteiger charge is 2.21. The summed E-state index contributed by atoms with van der Waals surface area (Å²) in [6, 6.07) is 6.69. The molecule has 132 valence electrons. The van der Waals surface area contributed by atoms with Crippen LogP contribution in [0.1, 0.15) is 6.42 Å². The first-order valence-corrected chi connectivity index (χ1v) is 8.81. The fourth-order valence-corrected chi connectivity index (χ4v) is 3.35. The van der Waals surface area contributed by atoms with Crippen molar-refractivity contribution in [3.8, 4) is 0 Å². The predicted molar refractivity (Wildman–Crippen MR) is 93.7 cm³/mol. The first-order chi connectivity index (χ1) is 11.6. The topological polar surface area (TPSA) is 30.0 Å². The van der Waals surface area contributed by atoms with Crippen LogP contribution in [0.15, 0.2) is 24.3 Å². The van der Waals surface area contributed by atoms with Crippen molar-refractivity contribution < 1.29 is 9.18 Å². The molecule has 2 aliphatic heterocycles. The van der Waals surface area contributed by atoms with Crippen molar-refractivity contribution in [3.05, 3.63) is 30.1 Å². The Bertz CT molecular complexity index is 534. The number of piperazine rings is 2. The number of anilines is 1. The first kappa shape index (κ1) is 17.2. The minimum atomic E-state index is -0.195. The maximum Gasteiger partial charge on any atom is 0.223 e. The molecule has 5 nitrogen and oxygen atoms in total. The van der Waals surface area contributed by atoms with E-state index in [1.807, 2.05) is 17.0 Å².